The van der Waals surface area contributed by atoms with Crippen LogP contribution in [0.3, 0.4) is 0 Å². The maximum Gasteiger partial charge on any atom is 0.508 e. The zero-order valence-corrected chi connectivity index (χ0v) is 18.7. The van der Waals surface area contributed by atoms with Gasteiger partial charge in [0.2, 0.25) is 5.78 Å². The third-order valence-electron chi connectivity index (χ3n) is 9.09. The number of ketones is 2. The highest BCUT2D eigenvalue weighted by Crippen LogP contribution is 2.67. The third kappa shape index (κ3) is 3.27. The Balaban J connectivity index is 1.59. The molecule has 0 aromatic heterocycles. The summed E-state index contributed by atoms with van der Waals surface area (Å²) in [5.41, 5.74) is -1.49. The molecule has 0 radical (unpaired) electrons. The Kier molecular flexibility index (Phi) is 5.58. The summed E-state index contributed by atoms with van der Waals surface area (Å²) >= 11 is 0. The van der Waals surface area contributed by atoms with E-state index in [1.54, 1.807) is 13.0 Å². The van der Waals surface area contributed by atoms with Crippen molar-refractivity contribution in [2.75, 3.05) is 13.2 Å². The number of rotatable bonds is 4. The molecule has 0 aromatic rings. The van der Waals surface area contributed by atoms with Gasteiger partial charge in [0, 0.05) is 11.8 Å². The van der Waals surface area contributed by atoms with Gasteiger partial charge >= 0.3 is 6.16 Å². The molecule has 0 aromatic carbocycles. The highest BCUT2D eigenvalue weighted by Gasteiger charge is 2.68. The van der Waals surface area contributed by atoms with E-state index >= 15 is 0 Å². The van der Waals surface area contributed by atoms with Crippen LogP contribution in [0.1, 0.15) is 65.7 Å². The lowest BCUT2D eigenvalue weighted by atomic mass is 9.45. The first kappa shape index (κ1) is 22.5. The predicted molar refractivity (Wildman–Crippen MR) is 111 cm³/mol. The summed E-state index contributed by atoms with van der Waals surface area (Å²) < 4.78 is 9.62. The third-order valence-corrected chi connectivity index (χ3v) is 9.09. The first-order valence-corrected chi connectivity index (χ1v) is 11.5. The molecule has 4 aliphatic carbocycles. The molecule has 3 saturated carbocycles. The van der Waals surface area contributed by atoms with Gasteiger partial charge in [-0.25, -0.2) is 4.79 Å². The molecule has 3 fully saturated rings. The van der Waals surface area contributed by atoms with E-state index in [0.29, 0.717) is 25.7 Å². The Hall–Kier alpha value is -1.73. The predicted octanol–water partition coefficient (Wildman–Crippen LogP) is 2.96. The van der Waals surface area contributed by atoms with Crippen LogP contribution in [-0.2, 0) is 19.1 Å². The first-order chi connectivity index (χ1) is 14.6. The molecule has 7 heteroatoms. The van der Waals surface area contributed by atoms with Gasteiger partial charge in [0.1, 0.15) is 5.60 Å². The molecule has 0 amide bonds. The topological polar surface area (TPSA) is 110 Å². The molecule has 0 saturated heterocycles. The lowest BCUT2D eigenvalue weighted by Crippen LogP contribution is -2.62. The number of carbonyl (C=O) groups excluding carboxylic acids is 3. The zero-order valence-electron chi connectivity index (χ0n) is 18.7. The molecule has 7 atom stereocenters. The minimum Gasteiger partial charge on any atom is -0.435 e. The van der Waals surface area contributed by atoms with E-state index in [4.69, 9.17) is 9.47 Å². The number of hydrogen-bond donors (Lipinski definition) is 2. The molecule has 0 unspecified atom stereocenters. The number of hydrogen-bond acceptors (Lipinski definition) is 7. The SMILES string of the molecule is CCOC(=O)OCC(=O)[C@]1(O)CC[C@@H]2[C@H]3CCC4=CC(=O)CC[C@]4(C)[C@@H]3[C@@H](O)C[C@]21C. The van der Waals surface area contributed by atoms with Gasteiger partial charge in [0.05, 0.1) is 12.7 Å². The van der Waals surface area contributed by atoms with Crippen LogP contribution in [0, 0.1) is 28.6 Å². The Morgan fingerprint density at radius 3 is 2.61 bits per heavy atom. The summed E-state index contributed by atoms with van der Waals surface area (Å²) in [5.74, 6) is -0.0668. The summed E-state index contributed by atoms with van der Waals surface area (Å²) in [6.45, 7) is 5.34. The molecule has 0 spiro atoms. The standard InChI is InChI=1S/C24H34O7/c1-4-30-21(28)31-13-19(27)24(29)10-8-17-16-6-5-14-11-15(25)7-9-22(14,2)20(16)18(26)12-23(17,24)3/h11,16-18,20,26,29H,4-10,12-13H2,1-3H3/t16-,17-,18+,20+,22+,23-,24-/m1/s1. The fourth-order valence-corrected chi connectivity index (χ4v) is 7.55. The molecule has 7 nitrogen and oxygen atoms in total. The fourth-order valence-electron chi connectivity index (χ4n) is 7.55. The maximum atomic E-state index is 13.0. The van der Waals surface area contributed by atoms with Crippen molar-refractivity contribution in [2.45, 2.75) is 77.4 Å². The monoisotopic (exact) mass is 434 g/mol. The highest BCUT2D eigenvalue weighted by molar-refractivity contribution is 5.92. The lowest BCUT2D eigenvalue weighted by molar-refractivity contribution is -0.182. The molecule has 31 heavy (non-hydrogen) atoms. The summed E-state index contributed by atoms with van der Waals surface area (Å²) in [6, 6.07) is 0. The second-order valence-corrected chi connectivity index (χ2v) is 10.4. The van der Waals surface area contributed by atoms with Crippen LogP contribution in [0.25, 0.3) is 0 Å². The Labute approximate surface area is 183 Å². The van der Waals surface area contributed by atoms with Crippen molar-refractivity contribution in [1.82, 2.24) is 0 Å². The number of aliphatic hydroxyl groups excluding tert-OH is 1. The fraction of sp³-hybridized carbons (Fsp3) is 0.792. The number of fused-ring (bicyclic) bond motifs is 5. The van der Waals surface area contributed by atoms with Gasteiger partial charge in [-0.2, -0.15) is 0 Å². The van der Waals surface area contributed by atoms with Gasteiger partial charge in [0.15, 0.2) is 12.4 Å². The van der Waals surface area contributed by atoms with Gasteiger partial charge in [-0.3, -0.25) is 9.59 Å². The Morgan fingerprint density at radius 1 is 1.16 bits per heavy atom. The van der Waals surface area contributed by atoms with Crippen molar-refractivity contribution < 1.29 is 34.1 Å². The van der Waals surface area contributed by atoms with Gasteiger partial charge in [-0.15, -0.1) is 0 Å². The summed E-state index contributed by atoms with van der Waals surface area (Å²) in [7, 11) is 0. The van der Waals surface area contributed by atoms with Gasteiger partial charge in [-0.05, 0) is 74.7 Å². The minimum absolute atomic E-state index is 0.0203. The van der Waals surface area contributed by atoms with E-state index in [1.807, 2.05) is 6.92 Å². The van der Waals surface area contributed by atoms with Crippen LogP contribution in [-0.4, -0.2) is 52.9 Å². The van der Waals surface area contributed by atoms with Crippen LogP contribution < -0.4 is 0 Å². The van der Waals surface area contributed by atoms with Crippen molar-refractivity contribution in [3.63, 3.8) is 0 Å². The van der Waals surface area contributed by atoms with Crippen molar-refractivity contribution in [3.05, 3.63) is 11.6 Å². The van der Waals surface area contributed by atoms with E-state index in [9.17, 15) is 24.6 Å². The summed E-state index contributed by atoms with van der Waals surface area (Å²) in [6.07, 6.45) is 4.43. The van der Waals surface area contributed by atoms with E-state index < -0.39 is 35.7 Å². The smallest absolute Gasteiger partial charge is 0.435 e. The van der Waals surface area contributed by atoms with E-state index in [2.05, 4.69) is 6.92 Å². The zero-order chi connectivity index (χ0) is 22.6. The average Bonchev–Trinajstić information content (AvgIpc) is 2.98. The van der Waals surface area contributed by atoms with Crippen molar-refractivity contribution in [1.29, 1.82) is 0 Å². The lowest BCUT2D eigenvalue weighted by Gasteiger charge is -2.60. The average molecular weight is 435 g/mol. The van der Waals surface area contributed by atoms with Crippen molar-refractivity contribution >= 4 is 17.7 Å². The number of allylic oxidation sites excluding steroid dienone is 1. The van der Waals surface area contributed by atoms with Crippen molar-refractivity contribution in [3.8, 4) is 0 Å². The quantitative estimate of drug-likeness (QED) is 0.655. The second kappa shape index (κ2) is 7.69. The molecule has 0 aliphatic heterocycles. The highest BCUT2D eigenvalue weighted by atomic mass is 16.7. The van der Waals surface area contributed by atoms with Crippen LogP contribution in [0.15, 0.2) is 11.6 Å². The number of Topliss-reactive ketones (excluding diaryl/α,β-unsaturated/α-hetero) is 1. The van der Waals surface area contributed by atoms with E-state index in [1.165, 1.54) is 0 Å². The number of aliphatic hydroxyl groups is 2. The summed E-state index contributed by atoms with van der Waals surface area (Å²) in [4.78, 5) is 36.5. The first-order valence-electron chi connectivity index (χ1n) is 11.5. The number of ether oxygens (including phenoxy) is 2. The van der Waals surface area contributed by atoms with Crippen LogP contribution in [0.4, 0.5) is 4.79 Å². The Bertz CT molecular complexity index is 819. The number of carbonyl (C=O) groups is 3. The molecular formula is C24H34O7. The van der Waals surface area contributed by atoms with Crippen LogP contribution >= 0.6 is 0 Å². The molecule has 4 rings (SSSR count). The van der Waals surface area contributed by atoms with Crippen LogP contribution in [0.5, 0.6) is 0 Å². The maximum absolute atomic E-state index is 13.0. The summed E-state index contributed by atoms with van der Waals surface area (Å²) in [5, 5.41) is 22.9. The van der Waals surface area contributed by atoms with E-state index in [0.717, 1.165) is 24.8 Å². The van der Waals surface area contributed by atoms with Gasteiger partial charge in [0.25, 0.3) is 0 Å². The van der Waals surface area contributed by atoms with E-state index in [-0.39, 0.29) is 35.6 Å². The normalized spacial score (nSPS) is 43.9. The molecule has 0 heterocycles. The molecular weight excluding hydrogens is 400 g/mol. The van der Waals surface area contributed by atoms with Gasteiger partial charge < -0.3 is 19.7 Å². The minimum atomic E-state index is -1.64. The molecule has 4 aliphatic rings. The molecule has 2 N–H and O–H groups in total. The molecule has 0 bridgehead atoms. The Morgan fingerprint density at radius 2 is 1.90 bits per heavy atom. The van der Waals surface area contributed by atoms with Crippen molar-refractivity contribution in [2.24, 2.45) is 28.6 Å². The van der Waals surface area contributed by atoms with Gasteiger partial charge in [-0.1, -0.05) is 19.4 Å². The van der Waals surface area contributed by atoms with Crippen LogP contribution in [0.2, 0.25) is 0 Å². The largest absolute Gasteiger partial charge is 0.508 e. The second-order valence-electron chi connectivity index (χ2n) is 10.4. The molecule has 172 valence electrons.